The molecule has 4 rings (SSSR count). The van der Waals surface area contributed by atoms with Gasteiger partial charge in [0.25, 0.3) is 5.91 Å². The van der Waals surface area contributed by atoms with E-state index < -0.39 is 0 Å². The number of thiophene rings is 1. The Bertz CT molecular complexity index is 1050. The van der Waals surface area contributed by atoms with E-state index in [0.29, 0.717) is 29.4 Å². The zero-order chi connectivity index (χ0) is 18.6. The van der Waals surface area contributed by atoms with Gasteiger partial charge >= 0.3 is 0 Å². The molecule has 1 aromatic carbocycles. The van der Waals surface area contributed by atoms with Crippen molar-refractivity contribution in [3.8, 4) is 11.4 Å². The Morgan fingerprint density at radius 3 is 2.74 bits per heavy atom. The first-order chi connectivity index (χ1) is 13.2. The molecule has 0 spiro atoms. The molecule has 0 saturated heterocycles. The van der Waals surface area contributed by atoms with Gasteiger partial charge in [-0.3, -0.25) is 9.78 Å². The Balaban J connectivity index is 1.66. The van der Waals surface area contributed by atoms with Crippen LogP contribution in [-0.2, 0) is 6.54 Å². The number of hydrogen-bond acceptors (Lipinski definition) is 6. The molecule has 0 atom stereocenters. The first-order valence-electron chi connectivity index (χ1n) is 8.13. The highest BCUT2D eigenvalue weighted by atomic mass is 32.1. The molecule has 0 aliphatic heterocycles. The fourth-order valence-corrected chi connectivity index (χ4v) is 3.11. The molecule has 3 aromatic heterocycles. The summed E-state index contributed by atoms with van der Waals surface area (Å²) < 4.78 is 14.3. The third-order valence-electron chi connectivity index (χ3n) is 3.85. The number of nitrogens with zero attached hydrogens (tertiary/aromatic N) is 4. The highest BCUT2D eigenvalue weighted by Gasteiger charge is 2.19. The Morgan fingerprint density at radius 2 is 2.04 bits per heavy atom. The molecule has 3 heterocycles. The van der Waals surface area contributed by atoms with Gasteiger partial charge in [-0.2, -0.15) is 21.0 Å². The van der Waals surface area contributed by atoms with Crippen LogP contribution in [0.4, 0.5) is 10.3 Å². The van der Waals surface area contributed by atoms with Crippen molar-refractivity contribution in [1.29, 1.82) is 0 Å². The van der Waals surface area contributed by atoms with Crippen LogP contribution in [0.25, 0.3) is 11.4 Å². The lowest BCUT2D eigenvalue weighted by molar-refractivity contribution is 0.0948. The second kappa shape index (κ2) is 7.46. The second-order valence-corrected chi connectivity index (χ2v) is 6.49. The van der Waals surface area contributed by atoms with Crippen molar-refractivity contribution in [3.05, 3.63) is 82.6 Å². The molecule has 0 radical (unpaired) electrons. The minimum atomic E-state index is -0.298. The summed E-state index contributed by atoms with van der Waals surface area (Å²) in [7, 11) is 0. The first kappa shape index (κ1) is 17.0. The molecule has 0 aliphatic rings. The van der Waals surface area contributed by atoms with Crippen molar-refractivity contribution in [1.82, 2.24) is 19.7 Å². The summed E-state index contributed by atoms with van der Waals surface area (Å²) in [5, 5.41) is 11.1. The molecule has 27 heavy (non-hydrogen) atoms. The van der Waals surface area contributed by atoms with Crippen molar-refractivity contribution in [2.45, 2.75) is 6.54 Å². The molecule has 1 N–H and O–H groups in total. The van der Waals surface area contributed by atoms with E-state index in [2.05, 4.69) is 20.4 Å². The molecule has 0 amide bonds. The topological polar surface area (TPSA) is 72.7 Å². The first-order valence-corrected chi connectivity index (χ1v) is 9.07. The number of nitrogens with one attached hydrogen (secondary N) is 1. The van der Waals surface area contributed by atoms with E-state index in [0.717, 1.165) is 5.56 Å². The molecule has 0 bridgehead atoms. The van der Waals surface area contributed by atoms with Gasteiger partial charge in [0.2, 0.25) is 5.95 Å². The lowest BCUT2D eigenvalue weighted by Crippen LogP contribution is -2.17. The van der Waals surface area contributed by atoms with Crippen LogP contribution < -0.4 is 5.32 Å². The van der Waals surface area contributed by atoms with Crippen molar-refractivity contribution in [3.63, 3.8) is 0 Å². The van der Waals surface area contributed by atoms with E-state index in [1.807, 2.05) is 11.4 Å². The van der Waals surface area contributed by atoms with Crippen molar-refractivity contribution >= 4 is 23.2 Å². The average Bonchev–Trinajstić information content (AvgIpc) is 3.38. The van der Waals surface area contributed by atoms with E-state index in [1.54, 1.807) is 42.0 Å². The predicted molar refractivity (Wildman–Crippen MR) is 101 cm³/mol. The number of carbonyl (C=O) groups is 1. The number of pyridine rings is 1. The Morgan fingerprint density at radius 1 is 1.19 bits per heavy atom. The van der Waals surface area contributed by atoms with Gasteiger partial charge in [0.1, 0.15) is 5.82 Å². The number of benzene rings is 1. The van der Waals surface area contributed by atoms with Crippen LogP contribution in [0.15, 0.2) is 65.6 Å². The van der Waals surface area contributed by atoms with Crippen LogP contribution in [0, 0.1) is 5.82 Å². The number of rotatable bonds is 5. The zero-order valence-electron chi connectivity index (χ0n) is 14.0. The number of aromatic nitrogens is 4. The summed E-state index contributed by atoms with van der Waals surface area (Å²) in [6.45, 7) is 0.377. The summed E-state index contributed by atoms with van der Waals surface area (Å²) in [6.07, 6.45) is 3.29. The largest absolute Gasteiger partial charge is 0.350 e. The fourth-order valence-electron chi connectivity index (χ4n) is 2.48. The molecular weight excluding hydrogens is 365 g/mol. The molecule has 0 aliphatic carbocycles. The standard InChI is InChI=1S/C19H14FN5OS/c20-16-5-3-13(4-6-16)10-22-19-23-17(14-2-1-8-21-11-14)24-25(19)18(26)15-7-9-27-12-15/h1-9,11-12H,10H2,(H,22,23,24). The van der Waals surface area contributed by atoms with Gasteiger partial charge in [-0.1, -0.05) is 12.1 Å². The molecule has 134 valence electrons. The van der Waals surface area contributed by atoms with Gasteiger partial charge in [0.05, 0.1) is 5.56 Å². The SMILES string of the molecule is O=C(c1ccsc1)n1nc(-c2cccnc2)nc1NCc1ccc(F)cc1. The predicted octanol–water partition coefficient (Wildman–Crippen LogP) is 3.84. The zero-order valence-corrected chi connectivity index (χ0v) is 14.9. The highest BCUT2D eigenvalue weighted by Crippen LogP contribution is 2.19. The minimum Gasteiger partial charge on any atom is -0.350 e. The molecule has 0 saturated carbocycles. The molecule has 8 heteroatoms. The number of hydrogen-bond donors (Lipinski definition) is 1. The van der Waals surface area contributed by atoms with Gasteiger partial charge in [-0.05, 0) is 41.3 Å². The Hall–Kier alpha value is -3.39. The quantitative estimate of drug-likeness (QED) is 0.570. The summed E-state index contributed by atoms with van der Waals surface area (Å²) >= 11 is 1.43. The average molecular weight is 379 g/mol. The summed E-state index contributed by atoms with van der Waals surface area (Å²) in [4.78, 5) is 21.3. The third-order valence-corrected chi connectivity index (χ3v) is 4.53. The molecule has 6 nitrogen and oxygen atoms in total. The van der Waals surface area contributed by atoms with E-state index in [1.165, 1.54) is 28.2 Å². The van der Waals surface area contributed by atoms with E-state index in [4.69, 9.17) is 0 Å². The second-order valence-electron chi connectivity index (χ2n) is 5.71. The van der Waals surface area contributed by atoms with Crippen molar-refractivity contribution in [2.75, 3.05) is 5.32 Å². The lowest BCUT2D eigenvalue weighted by atomic mass is 10.2. The van der Waals surface area contributed by atoms with Gasteiger partial charge in [-0.15, -0.1) is 5.10 Å². The number of carbonyl (C=O) groups excluding carboxylic acids is 1. The maximum Gasteiger partial charge on any atom is 0.282 e. The van der Waals surface area contributed by atoms with Crippen LogP contribution >= 0.6 is 11.3 Å². The van der Waals surface area contributed by atoms with Crippen LogP contribution in [0.3, 0.4) is 0 Å². The molecule has 0 unspecified atom stereocenters. The molecular formula is C19H14FN5OS. The monoisotopic (exact) mass is 379 g/mol. The summed E-state index contributed by atoms with van der Waals surface area (Å²) in [6, 6.07) is 11.5. The Kier molecular flexibility index (Phi) is 4.71. The number of halogens is 1. The van der Waals surface area contributed by atoms with E-state index >= 15 is 0 Å². The van der Waals surface area contributed by atoms with Gasteiger partial charge in [0, 0.05) is 29.9 Å². The van der Waals surface area contributed by atoms with Crippen LogP contribution in [0.5, 0.6) is 0 Å². The fraction of sp³-hybridized carbons (Fsp3) is 0.0526. The van der Waals surface area contributed by atoms with E-state index in [9.17, 15) is 9.18 Å². The Labute approximate surface area is 158 Å². The van der Waals surface area contributed by atoms with Crippen LogP contribution in [0.1, 0.15) is 15.9 Å². The molecule has 0 fully saturated rings. The maximum atomic E-state index is 13.1. The number of anilines is 1. The summed E-state index contributed by atoms with van der Waals surface area (Å²) in [5.41, 5.74) is 2.10. The van der Waals surface area contributed by atoms with Gasteiger partial charge in [0.15, 0.2) is 5.82 Å². The highest BCUT2D eigenvalue weighted by molar-refractivity contribution is 7.08. The van der Waals surface area contributed by atoms with Crippen molar-refractivity contribution < 1.29 is 9.18 Å². The summed E-state index contributed by atoms with van der Waals surface area (Å²) in [5.74, 6) is 0.136. The normalized spacial score (nSPS) is 10.7. The maximum absolute atomic E-state index is 13.1. The van der Waals surface area contributed by atoms with Gasteiger partial charge < -0.3 is 5.32 Å². The lowest BCUT2D eigenvalue weighted by Gasteiger charge is -2.06. The minimum absolute atomic E-state index is 0.277. The van der Waals surface area contributed by atoms with E-state index in [-0.39, 0.29) is 11.7 Å². The van der Waals surface area contributed by atoms with Crippen LogP contribution in [-0.4, -0.2) is 25.7 Å². The van der Waals surface area contributed by atoms with Crippen molar-refractivity contribution in [2.24, 2.45) is 0 Å². The third kappa shape index (κ3) is 3.75. The smallest absolute Gasteiger partial charge is 0.282 e. The van der Waals surface area contributed by atoms with Gasteiger partial charge in [-0.25, -0.2) is 4.39 Å². The molecule has 4 aromatic rings. The van der Waals surface area contributed by atoms with Crippen LogP contribution in [0.2, 0.25) is 0 Å².